The van der Waals surface area contributed by atoms with E-state index >= 15 is 0 Å². The Labute approximate surface area is 179 Å². The van der Waals surface area contributed by atoms with E-state index < -0.39 is 0 Å². The molecule has 0 unspecified atom stereocenters. The summed E-state index contributed by atoms with van der Waals surface area (Å²) >= 11 is 1.45. The summed E-state index contributed by atoms with van der Waals surface area (Å²) in [5.74, 6) is 0.219. The van der Waals surface area contributed by atoms with Crippen LogP contribution in [0.3, 0.4) is 0 Å². The van der Waals surface area contributed by atoms with Gasteiger partial charge in [0.1, 0.15) is 5.75 Å². The Hall–Kier alpha value is -3.19. The molecule has 4 rings (SSSR count). The van der Waals surface area contributed by atoms with Crippen LogP contribution in [0.2, 0.25) is 0 Å². The van der Waals surface area contributed by atoms with Crippen molar-refractivity contribution in [3.05, 3.63) is 76.3 Å². The van der Waals surface area contributed by atoms with E-state index in [1.165, 1.54) is 16.9 Å². The number of hydrogen-bond donors (Lipinski definition) is 2. The molecule has 1 aliphatic carbocycles. The van der Waals surface area contributed by atoms with Gasteiger partial charge in [-0.25, -0.2) is 4.98 Å². The van der Waals surface area contributed by atoms with Crippen molar-refractivity contribution in [2.24, 2.45) is 0 Å². The van der Waals surface area contributed by atoms with Crippen molar-refractivity contribution in [1.29, 1.82) is 0 Å². The lowest BCUT2D eigenvalue weighted by Crippen LogP contribution is -2.30. The zero-order chi connectivity index (χ0) is 20.9. The van der Waals surface area contributed by atoms with Gasteiger partial charge in [-0.15, -0.1) is 11.3 Å². The van der Waals surface area contributed by atoms with Crippen molar-refractivity contribution in [2.45, 2.75) is 25.2 Å². The van der Waals surface area contributed by atoms with E-state index in [0.29, 0.717) is 23.0 Å². The summed E-state index contributed by atoms with van der Waals surface area (Å²) < 4.78 is 5.12. The molecule has 0 saturated carbocycles. The molecule has 30 heavy (non-hydrogen) atoms. The van der Waals surface area contributed by atoms with Gasteiger partial charge in [-0.3, -0.25) is 14.9 Å². The molecule has 2 N–H and O–H groups in total. The molecule has 154 valence electrons. The molecule has 0 spiro atoms. The predicted octanol–water partition coefficient (Wildman–Crippen LogP) is 3.79. The number of aryl methyl sites for hydroxylation is 1. The zero-order valence-corrected chi connectivity index (χ0v) is 17.5. The Bertz CT molecular complexity index is 1030. The maximum atomic E-state index is 12.7. The second-order valence-corrected chi connectivity index (χ2v) is 8.21. The summed E-state index contributed by atoms with van der Waals surface area (Å²) in [6, 6.07) is 17.0. The van der Waals surface area contributed by atoms with Crippen molar-refractivity contribution in [1.82, 2.24) is 10.3 Å². The maximum Gasteiger partial charge on any atom is 0.257 e. The highest BCUT2D eigenvalue weighted by Crippen LogP contribution is 2.38. The second kappa shape index (κ2) is 9.09. The number of methoxy groups -OCH3 is 1. The fourth-order valence-electron chi connectivity index (χ4n) is 3.55. The average Bonchev–Trinajstić information content (AvgIpc) is 3.34. The van der Waals surface area contributed by atoms with Gasteiger partial charge in [0.15, 0.2) is 5.13 Å². The number of aromatic nitrogens is 1. The Balaban J connectivity index is 1.35. The van der Waals surface area contributed by atoms with Crippen molar-refractivity contribution in [3.63, 3.8) is 0 Å². The number of amides is 2. The van der Waals surface area contributed by atoms with E-state index in [4.69, 9.17) is 4.74 Å². The van der Waals surface area contributed by atoms with Gasteiger partial charge in [0.05, 0.1) is 18.7 Å². The van der Waals surface area contributed by atoms with Gasteiger partial charge in [-0.2, -0.15) is 0 Å². The highest BCUT2D eigenvalue weighted by Gasteiger charge is 2.32. The Morgan fingerprint density at radius 1 is 1.13 bits per heavy atom. The largest absolute Gasteiger partial charge is 0.497 e. The molecule has 1 aromatic heterocycles. The summed E-state index contributed by atoms with van der Waals surface area (Å²) in [4.78, 5) is 30.8. The van der Waals surface area contributed by atoms with Gasteiger partial charge in [-0.05, 0) is 49.1 Å². The summed E-state index contributed by atoms with van der Waals surface area (Å²) in [5, 5.41) is 6.40. The quantitative estimate of drug-likeness (QED) is 0.608. The number of carbonyl (C=O) groups excluding carboxylic acids is 2. The van der Waals surface area contributed by atoms with Crippen molar-refractivity contribution < 1.29 is 14.3 Å². The fourth-order valence-corrected chi connectivity index (χ4v) is 4.58. The van der Waals surface area contributed by atoms with Crippen LogP contribution in [-0.2, 0) is 17.6 Å². The van der Waals surface area contributed by atoms with E-state index in [1.54, 1.807) is 31.4 Å². The van der Waals surface area contributed by atoms with E-state index in [9.17, 15) is 9.59 Å². The van der Waals surface area contributed by atoms with Gasteiger partial charge in [0, 0.05) is 17.0 Å². The molecule has 7 heteroatoms. The molecule has 1 aliphatic rings. The Kier molecular flexibility index (Phi) is 6.09. The zero-order valence-electron chi connectivity index (χ0n) is 16.7. The molecular weight excluding hydrogens is 398 g/mol. The number of carbonyl (C=O) groups is 2. The van der Waals surface area contributed by atoms with E-state index in [1.807, 2.05) is 18.2 Å². The molecule has 3 aromatic rings. The smallest absolute Gasteiger partial charge is 0.257 e. The molecule has 6 nitrogen and oxygen atoms in total. The molecule has 1 heterocycles. The lowest BCUT2D eigenvalue weighted by molar-refractivity contribution is -0.122. The number of hydrogen-bond acceptors (Lipinski definition) is 5. The van der Waals surface area contributed by atoms with Crippen molar-refractivity contribution >= 4 is 28.3 Å². The van der Waals surface area contributed by atoms with Crippen LogP contribution in [0.1, 0.15) is 38.8 Å². The molecule has 2 amide bonds. The first-order chi connectivity index (χ1) is 14.6. The first-order valence-electron chi connectivity index (χ1n) is 9.90. The lowest BCUT2D eigenvalue weighted by atomic mass is 10.1. The van der Waals surface area contributed by atoms with E-state index in [0.717, 1.165) is 29.8 Å². The molecule has 2 aromatic carbocycles. The third kappa shape index (κ3) is 4.52. The van der Waals surface area contributed by atoms with Gasteiger partial charge < -0.3 is 10.1 Å². The molecule has 0 saturated heterocycles. The summed E-state index contributed by atoms with van der Waals surface area (Å²) in [6.45, 7) is 0.597. The molecule has 0 bridgehead atoms. The molecule has 1 atom stereocenters. The van der Waals surface area contributed by atoms with Crippen LogP contribution in [0, 0.1) is 0 Å². The minimum atomic E-state index is -0.251. The number of ether oxygens (including phenoxy) is 1. The summed E-state index contributed by atoms with van der Waals surface area (Å²) in [7, 11) is 1.58. The highest BCUT2D eigenvalue weighted by atomic mass is 32.1. The first-order valence-corrected chi connectivity index (χ1v) is 10.7. The van der Waals surface area contributed by atoms with Crippen molar-refractivity contribution in [3.8, 4) is 5.75 Å². The third-order valence-electron chi connectivity index (χ3n) is 5.16. The van der Waals surface area contributed by atoms with Crippen LogP contribution in [-0.4, -0.2) is 30.5 Å². The first kappa shape index (κ1) is 20.1. The van der Waals surface area contributed by atoms with Crippen LogP contribution < -0.4 is 15.4 Å². The molecule has 0 fully saturated rings. The maximum absolute atomic E-state index is 12.7. The van der Waals surface area contributed by atoms with Crippen LogP contribution in [0.15, 0.2) is 54.6 Å². The minimum absolute atomic E-state index is 0.00279. The normalized spacial score (nSPS) is 14.8. The van der Waals surface area contributed by atoms with Gasteiger partial charge in [-0.1, -0.05) is 30.3 Å². The fraction of sp³-hybridized carbons (Fsp3) is 0.261. The van der Waals surface area contributed by atoms with Crippen LogP contribution >= 0.6 is 11.3 Å². The summed E-state index contributed by atoms with van der Waals surface area (Å²) in [6.07, 6.45) is 2.37. The number of nitrogens with one attached hydrogen (secondary N) is 2. The monoisotopic (exact) mass is 421 g/mol. The average molecular weight is 422 g/mol. The number of nitrogens with zero attached hydrogens (tertiary/aromatic N) is 1. The van der Waals surface area contributed by atoms with Crippen LogP contribution in [0.25, 0.3) is 0 Å². The number of thiazole rings is 1. The topological polar surface area (TPSA) is 80.3 Å². The van der Waals surface area contributed by atoms with Gasteiger partial charge >= 0.3 is 0 Å². The molecule has 0 radical (unpaired) electrons. The molecular formula is C23H23N3O3S. The number of fused-ring (bicyclic) bond motifs is 1. The Morgan fingerprint density at radius 3 is 2.63 bits per heavy atom. The van der Waals surface area contributed by atoms with Gasteiger partial charge in [0.25, 0.3) is 5.91 Å². The van der Waals surface area contributed by atoms with Crippen LogP contribution in [0.4, 0.5) is 5.13 Å². The predicted molar refractivity (Wildman–Crippen MR) is 117 cm³/mol. The van der Waals surface area contributed by atoms with E-state index in [2.05, 4.69) is 27.8 Å². The van der Waals surface area contributed by atoms with Crippen molar-refractivity contribution in [2.75, 3.05) is 19.0 Å². The second-order valence-electron chi connectivity index (χ2n) is 7.13. The summed E-state index contributed by atoms with van der Waals surface area (Å²) in [5.41, 5.74) is 2.52. The van der Waals surface area contributed by atoms with Crippen LogP contribution in [0.5, 0.6) is 5.75 Å². The minimum Gasteiger partial charge on any atom is -0.497 e. The molecule has 0 aliphatic heterocycles. The van der Waals surface area contributed by atoms with E-state index in [-0.39, 0.29) is 17.7 Å². The lowest BCUT2D eigenvalue weighted by Gasteiger charge is -2.11. The number of benzene rings is 2. The number of rotatable bonds is 7. The third-order valence-corrected chi connectivity index (χ3v) is 6.21. The Morgan fingerprint density at radius 2 is 1.90 bits per heavy atom. The standard InChI is InChI=1S/C23H23N3O3S/c1-29-17-9-7-16(8-10-17)21(27)26-23-25-20-18(11-12-19(20)30-23)22(28)24-14-13-15-5-3-2-4-6-15/h2-10,18H,11-14H2,1H3,(H,24,28)(H,25,26,27)/t18-/m0/s1. The SMILES string of the molecule is COc1ccc(C(=O)Nc2nc3c(s2)CC[C@@H]3C(=O)NCCc2ccccc2)cc1. The number of anilines is 1. The highest BCUT2D eigenvalue weighted by molar-refractivity contribution is 7.16. The van der Waals surface area contributed by atoms with Gasteiger partial charge in [0.2, 0.25) is 5.91 Å².